The van der Waals surface area contributed by atoms with Crippen molar-refractivity contribution in [2.75, 3.05) is 0 Å². The summed E-state index contributed by atoms with van der Waals surface area (Å²) in [5.41, 5.74) is 0.874. The standard InChI is InChI=1S/C12H7Cl2NO2/c13-10-5-9(17)6-11(14)12(10)15-7-1-3-8(16)4-2-7/h1-6,16H/p-1. The zero-order chi connectivity index (χ0) is 12.4. The summed E-state index contributed by atoms with van der Waals surface area (Å²) in [6.07, 6.45) is 2.49. The minimum absolute atomic E-state index is 0.101. The van der Waals surface area contributed by atoms with E-state index in [1.165, 1.54) is 24.3 Å². The number of aliphatic imine (C=N–C) groups is 1. The molecule has 86 valence electrons. The Kier molecular flexibility index (Phi) is 3.31. The number of carbonyl (C=O) groups is 1. The van der Waals surface area contributed by atoms with E-state index in [2.05, 4.69) is 4.99 Å². The molecule has 0 saturated carbocycles. The summed E-state index contributed by atoms with van der Waals surface area (Å²) < 4.78 is 0. The zero-order valence-electron chi connectivity index (χ0n) is 8.48. The molecule has 0 heterocycles. The van der Waals surface area contributed by atoms with Crippen LogP contribution in [0.25, 0.3) is 0 Å². The van der Waals surface area contributed by atoms with Gasteiger partial charge in [-0.2, -0.15) is 0 Å². The highest BCUT2D eigenvalue weighted by atomic mass is 35.5. The van der Waals surface area contributed by atoms with E-state index in [0.29, 0.717) is 11.4 Å². The molecule has 2 rings (SSSR count). The predicted molar refractivity (Wildman–Crippen MR) is 65.9 cm³/mol. The fourth-order valence-corrected chi connectivity index (χ4v) is 1.85. The highest BCUT2D eigenvalue weighted by Crippen LogP contribution is 2.25. The fourth-order valence-electron chi connectivity index (χ4n) is 1.30. The second-order valence-corrected chi connectivity index (χ2v) is 4.16. The molecule has 0 atom stereocenters. The third-order valence-electron chi connectivity index (χ3n) is 2.07. The summed E-state index contributed by atoms with van der Waals surface area (Å²) in [7, 11) is 0. The molecule has 0 aliphatic heterocycles. The molecule has 0 aromatic heterocycles. The number of carbonyl (C=O) groups excluding carboxylic acids is 1. The minimum atomic E-state index is -0.270. The van der Waals surface area contributed by atoms with Crippen LogP contribution in [-0.2, 0) is 4.79 Å². The highest BCUT2D eigenvalue weighted by Gasteiger charge is 2.16. The Bertz CT molecular complexity index is 532. The number of benzene rings is 1. The van der Waals surface area contributed by atoms with E-state index in [4.69, 9.17) is 23.2 Å². The fraction of sp³-hybridized carbons (Fsp3) is 0. The van der Waals surface area contributed by atoms with Gasteiger partial charge >= 0.3 is 0 Å². The van der Waals surface area contributed by atoms with Crippen molar-refractivity contribution in [3.05, 3.63) is 46.5 Å². The number of allylic oxidation sites excluding steroid dienone is 4. The molecule has 0 saturated heterocycles. The van der Waals surface area contributed by atoms with Gasteiger partial charge in [0.1, 0.15) is 5.71 Å². The zero-order valence-corrected chi connectivity index (χ0v) is 10.00. The Hall–Kier alpha value is -1.58. The number of halogens is 2. The summed E-state index contributed by atoms with van der Waals surface area (Å²) in [5, 5.41) is 11.3. The molecule has 0 unspecified atom stereocenters. The Balaban J connectivity index is 2.40. The van der Waals surface area contributed by atoms with Crippen molar-refractivity contribution >= 4 is 40.4 Å². The van der Waals surface area contributed by atoms with E-state index in [9.17, 15) is 9.90 Å². The number of hydrogen-bond donors (Lipinski definition) is 0. The molecule has 0 bridgehead atoms. The maximum Gasteiger partial charge on any atom is 0.181 e. The lowest BCUT2D eigenvalue weighted by Gasteiger charge is -2.09. The van der Waals surface area contributed by atoms with Gasteiger partial charge in [-0.3, -0.25) is 4.79 Å². The first-order valence-corrected chi connectivity index (χ1v) is 5.47. The number of nitrogens with zero attached hydrogens (tertiary/aromatic N) is 1. The first-order chi connectivity index (χ1) is 8.06. The van der Waals surface area contributed by atoms with Gasteiger partial charge in [0.2, 0.25) is 0 Å². The van der Waals surface area contributed by atoms with Crippen molar-refractivity contribution in [3.8, 4) is 5.75 Å². The monoisotopic (exact) mass is 266 g/mol. The minimum Gasteiger partial charge on any atom is -0.872 e. The van der Waals surface area contributed by atoms with Gasteiger partial charge in [-0.1, -0.05) is 35.3 Å². The van der Waals surface area contributed by atoms with Crippen molar-refractivity contribution in [1.82, 2.24) is 0 Å². The van der Waals surface area contributed by atoms with Crippen LogP contribution in [0.3, 0.4) is 0 Å². The van der Waals surface area contributed by atoms with Gasteiger partial charge in [-0.05, 0) is 12.1 Å². The van der Waals surface area contributed by atoms with Crippen molar-refractivity contribution in [1.29, 1.82) is 0 Å². The normalized spacial score (nSPS) is 15.4. The van der Waals surface area contributed by atoms with Gasteiger partial charge in [0, 0.05) is 12.2 Å². The molecule has 1 aliphatic carbocycles. The van der Waals surface area contributed by atoms with Gasteiger partial charge in [0.15, 0.2) is 5.78 Å². The van der Waals surface area contributed by atoms with Crippen molar-refractivity contribution in [2.24, 2.45) is 4.99 Å². The van der Waals surface area contributed by atoms with Crippen LogP contribution < -0.4 is 5.11 Å². The second kappa shape index (κ2) is 4.73. The van der Waals surface area contributed by atoms with Crippen LogP contribution in [0.1, 0.15) is 0 Å². The largest absolute Gasteiger partial charge is 0.872 e. The Morgan fingerprint density at radius 3 is 2.06 bits per heavy atom. The molecule has 5 heteroatoms. The van der Waals surface area contributed by atoms with Gasteiger partial charge in [0.05, 0.1) is 15.8 Å². The number of rotatable bonds is 1. The van der Waals surface area contributed by atoms with E-state index < -0.39 is 0 Å². The van der Waals surface area contributed by atoms with E-state index >= 15 is 0 Å². The lowest BCUT2D eigenvalue weighted by Crippen LogP contribution is -2.07. The van der Waals surface area contributed by atoms with Crippen molar-refractivity contribution in [2.45, 2.75) is 0 Å². The van der Waals surface area contributed by atoms with Crippen LogP contribution in [0.2, 0.25) is 0 Å². The van der Waals surface area contributed by atoms with Crippen LogP contribution >= 0.6 is 23.2 Å². The SMILES string of the molecule is O=C1C=C(Cl)C(=Nc2ccc([O-])cc2)C(Cl)=C1. The van der Waals surface area contributed by atoms with Gasteiger partial charge in [0.25, 0.3) is 0 Å². The van der Waals surface area contributed by atoms with E-state index in [0.717, 1.165) is 0 Å². The molecule has 1 aliphatic rings. The van der Waals surface area contributed by atoms with Crippen LogP contribution in [0.5, 0.6) is 5.75 Å². The molecule has 17 heavy (non-hydrogen) atoms. The van der Waals surface area contributed by atoms with Crippen LogP contribution in [-0.4, -0.2) is 11.5 Å². The third kappa shape index (κ3) is 2.75. The van der Waals surface area contributed by atoms with Crippen molar-refractivity contribution in [3.63, 3.8) is 0 Å². The van der Waals surface area contributed by atoms with E-state index in [1.807, 2.05) is 0 Å². The molecular weight excluding hydrogens is 261 g/mol. The Morgan fingerprint density at radius 1 is 1.00 bits per heavy atom. The van der Waals surface area contributed by atoms with Crippen LogP contribution in [0.15, 0.2) is 51.5 Å². The second-order valence-electron chi connectivity index (χ2n) is 3.34. The molecule has 0 N–H and O–H groups in total. The molecule has 1 aromatic carbocycles. The molecule has 0 amide bonds. The summed E-state index contributed by atoms with van der Waals surface area (Å²) in [5.74, 6) is -0.370. The smallest absolute Gasteiger partial charge is 0.181 e. The number of hydrogen-bond acceptors (Lipinski definition) is 3. The van der Waals surface area contributed by atoms with E-state index in [-0.39, 0.29) is 21.6 Å². The average molecular weight is 267 g/mol. The first-order valence-electron chi connectivity index (χ1n) is 4.71. The summed E-state index contributed by atoms with van der Waals surface area (Å²) >= 11 is 11.8. The topological polar surface area (TPSA) is 52.5 Å². The lowest BCUT2D eigenvalue weighted by atomic mass is 10.1. The summed E-state index contributed by atoms with van der Waals surface area (Å²) in [6, 6.07) is 5.89. The summed E-state index contributed by atoms with van der Waals surface area (Å²) in [4.78, 5) is 15.3. The maximum atomic E-state index is 11.1. The lowest BCUT2D eigenvalue weighted by molar-refractivity contribution is -0.268. The molecule has 0 fully saturated rings. The maximum absolute atomic E-state index is 11.1. The van der Waals surface area contributed by atoms with E-state index in [1.54, 1.807) is 12.1 Å². The Labute approximate surface area is 108 Å². The molecule has 3 nitrogen and oxygen atoms in total. The first kappa shape index (κ1) is 11.9. The molecule has 0 spiro atoms. The predicted octanol–water partition coefficient (Wildman–Crippen LogP) is 2.66. The Morgan fingerprint density at radius 2 is 1.53 bits per heavy atom. The van der Waals surface area contributed by atoms with Crippen LogP contribution in [0, 0.1) is 0 Å². The van der Waals surface area contributed by atoms with Gasteiger partial charge in [-0.15, -0.1) is 5.75 Å². The third-order valence-corrected chi connectivity index (χ3v) is 2.64. The molecular formula is C12H6Cl2NO2-. The number of ketones is 1. The quantitative estimate of drug-likeness (QED) is 0.734. The molecule has 1 aromatic rings. The van der Waals surface area contributed by atoms with Gasteiger partial charge < -0.3 is 5.11 Å². The summed E-state index contributed by atoms with van der Waals surface area (Å²) in [6.45, 7) is 0. The average Bonchev–Trinajstić information content (AvgIpc) is 2.26. The molecule has 0 radical (unpaired) electrons. The van der Waals surface area contributed by atoms with Gasteiger partial charge in [-0.25, -0.2) is 4.99 Å². The van der Waals surface area contributed by atoms with Crippen molar-refractivity contribution < 1.29 is 9.90 Å². The highest BCUT2D eigenvalue weighted by molar-refractivity contribution is 6.58. The van der Waals surface area contributed by atoms with Crippen LogP contribution in [0.4, 0.5) is 5.69 Å².